The maximum atomic E-state index is 12.4. The van der Waals surface area contributed by atoms with E-state index >= 15 is 0 Å². The number of carbonyl (C=O) groups excluding carboxylic acids is 2. The molecule has 0 spiro atoms. The van der Waals surface area contributed by atoms with Crippen molar-refractivity contribution in [2.75, 3.05) is 31.0 Å². The molecule has 138 valence electrons. The van der Waals surface area contributed by atoms with Crippen LogP contribution in [0, 0.1) is 0 Å². The number of hydrogen-bond acceptors (Lipinski definition) is 5. The summed E-state index contributed by atoms with van der Waals surface area (Å²) in [6.45, 7) is 2.36. The van der Waals surface area contributed by atoms with E-state index in [4.69, 9.17) is 9.47 Å². The summed E-state index contributed by atoms with van der Waals surface area (Å²) >= 11 is 1.48. The first-order valence-corrected chi connectivity index (χ1v) is 9.02. The van der Waals surface area contributed by atoms with Crippen molar-refractivity contribution in [3.63, 3.8) is 0 Å². The zero-order valence-electron chi connectivity index (χ0n) is 14.7. The molecule has 6 nitrogen and oxygen atoms in total. The van der Waals surface area contributed by atoms with Crippen molar-refractivity contribution in [1.82, 2.24) is 0 Å². The van der Waals surface area contributed by atoms with Gasteiger partial charge in [-0.05, 0) is 37.3 Å². The average Bonchev–Trinajstić information content (AvgIpc) is 2.63. The highest BCUT2D eigenvalue weighted by molar-refractivity contribution is 8.00. The molecule has 0 aliphatic rings. The molecule has 1 unspecified atom stereocenters. The maximum absolute atomic E-state index is 12.4. The molecule has 0 fully saturated rings. The van der Waals surface area contributed by atoms with E-state index in [-0.39, 0.29) is 17.8 Å². The Morgan fingerprint density at radius 3 is 2.38 bits per heavy atom. The Bertz CT molecular complexity index is 724. The third-order valence-electron chi connectivity index (χ3n) is 3.32. The van der Waals surface area contributed by atoms with Crippen LogP contribution in [0.1, 0.15) is 6.92 Å². The number of rotatable bonds is 8. The van der Waals surface area contributed by atoms with Gasteiger partial charge in [0, 0.05) is 23.4 Å². The Labute approximate surface area is 157 Å². The van der Waals surface area contributed by atoms with Crippen LogP contribution in [0.25, 0.3) is 0 Å². The second kappa shape index (κ2) is 10.5. The van der Waals surface area contributed by atoms with E-state index in [2.05, 4.69) is 10.6 Å². The van der Waals surface area contributed by atoms with E-state index < -0.39 is 6.09 Å². The number of carbonyl (C=O) groups is 2. The molecule has 0 aliphatic heterocycles. The standard InChI is InChI=1S/C19H22N2O4S/c1-14(26-17-9-4-3-5-10-17)18(22)20-15-7-6-8-16(13-15)21-19(23)25-12-11-24-2/h3-10,13-14H,11-12H2,1-2H3,(H,20,22)(H,21,23). The molecule has 0 bridgehead atoms. The number of amides is 2. The molecule has 0 aromatic heterocycles. The van der Waals surface area contributed by atoms with E-state index in [1.54, 1.807) is 24.3 Å². The zero-order chi connectivity index (χ0) is 18.8. The first-order chi connectivity index (χ1) is 12.6. The van der Waals surface area contributed by atoms with Crippen LogP contribution >= 0.6 is 11.8 Å². The molecule has 26 heavy (non-hydrogen) atoms. The maximum Gasteiger partial charge on any atom is 0.411 e. The SMILES string of the molecule is COCCOC(=O)Nc1cccc(NC(=O)C(C)Sc2ccccc2)c1. The number of methoxy groups -OCH3 is 1. The molecule has 2 rings (SSSR count). The van der Waals surface area contributed by atoms with Crippen LogP contribution in [0.15, 0.2) is 59.5 Å². The normalized spacial score (nSPS) is 11.5. The van der Waals surface area contributed by atoms with Crippen molar-refractivity contribution in [3.8, 4) is 0 Å². The number of anilines is 2. The lowest BCUT2D eigenvalue weighted by atomic mass is 10.2. The molecule has 0 radical (unpaired) electrons. The number of ether oxygens (including phenoxy) is 2. The molecule has 2 aromatic carbocycles. The first-order valence-electron chi connectivity index (χ1n) is 8.14. The summed E-state index contributed by atoms with van der Waals surface area (Å²) in [5, 5.41) is 5.21. The van der Waals surface area contributed by atoms with Gasteiger partial charge in [-0.25, -0.2) is 4.79 Å². The van der Waals surface area contributed by atoms with Gasteiger partial charge >= 0.3 is 6.09 Å². The number of thioether (sulfide) groups is 1. The minimum Gasteiger partial charge on any atom is -0.447 e. The molecule has 2 aromatic rings. The van der Waals surface area contributed by atoms with Gasteiger partial charge < -0.3 is 14.8 Å². The zero-order valence-corrected chi connectivity index (χ0v) is 15.5. The average molecular weight is 374 g/mol. The molecule has 7 heteroatoms. The van der Waals surface area contributed by atoms with Crippen molar-refractivity contribution < 1.29 is 19.1 Å². The van der Waals surface area contributed by atoms with Gasteiger partial charge in [0.25, 0.3) is 0 Å². The summed E-state index contributed by atoms with van der Waals surface area (Å²) in [7, 11) is 1.53. The van der Waals surface area contributed by atoms with Crippen LogP contribution in [0.5, 0.6) is 0 Å². The third-order valence-corrected chi connectivity index (χ3v) is 4.43. The van der Waals surface area contributed by atoms with Gasteiger partial charge in [0.05, 0.1) is 11.9 Å². The molecule has 0 heterocycles. The minimum atomic E-state index is -0.571. The Morgan fingerprint density at radius 2 is 1.69 bits per heavy atom. The summed E-state index contributed by atoms with van der Waals surface area (Å²) in [5.41, 5.74) is 1.14. The smallest absolute Gasteiger partial charge is 0.411 e. The van der Waals surface area contributed by atoms with E-state index in [0.717, 1.165) is 4.90 Å². The fraction of sp³-hybridized carbons (Fsp3) is 0.263. The van der Waals surface area contributed by atoms with Crippen LogP contribution in [0.3, 0.4) is 0 Å². The van der Waals surface area contributed by atoms with E-state index in [1.165, 1.54) is 18.9 Å². The van der Waals surface area contributed by atoms with Crippen molar-refractivity contribution in [2.45, 2.75) is 17.1 Å². The van der Waals surface area contributed by atoms with E-state index in [9.17, 15) is 9.59 Å². The van der Waals surface area contributed by atoms with Crippen LogP contribution in [0.4, 0.5) is 16.2 Å². The van der Waals surface area contributed by atoms with Crippen LogP contribution < -0.4 is 10.6 Å². The molecule has 2 amide bonds. The fourth-order valence-corrected chi connectivity index (χ4v) is 2.94. The summed E-state index contributed by atoms with van der Waals surface area (Å²) in [5.74, 6) is -0.112. The third kappa shape index (κ3) is 6.78. The second-order valence-corrected chi connectivity index (χ2v) is 6.81. The lowest BCUT2D eigenvalue weighted by Gasteiger charge is -2.13. The highest BCUT2D eigenvalue weighted by atomic mass is 32.2. The molecule has 1 atom stereocenters. The van der Waals surface area contributed by atoms with Crippen LogP contribution in [-0.2, 0) is 14.3 Å². The molecule has 0 saturated heterocycles. The molecular weight excluding hydrogens is 352 g/mol. The van der Waals surface area contributed by atoms with Gasteiger partial charge in [-0.3, -0.25) is 10.1 Å². The van der Waals surface area contributed by atoms with Gasteiger partial charge in [0.2, 0.25) is 5.91 Å². The summed E-state index contributed by atoms with van der Waals surface area (Å²) in [6.07, 6.45) is -0.571. The predicted molar refractivity (Wildman–Crippen MR) is 104 cm³/mol. The Balaban J connectivity index is 1.88. The van der Waals surface area contributed by atoms with Gasteiger partial charge in [-0.1, -0.05) is 24.3 Å². The number of benzene rings is 2. The first kappa shape index (κ1) is 19.8. The Morgan fingerprint density at radius 1 is 1.00 bits per heavy atom. The quantitative estimate of drug-likeness (QED) is 0.539. The predicted octanol–water partition coefficient (Wildman–Crippen LogP) is 4.00. The Hall–Kier alpha value is -2.51. The van der Waals surface area contributed by atoms with Gasteiger partial charge in [0.15, 0.2) is 0 Å². The largest absolute Gasteiger partial charge is 0.447 e. The van der Waals surface area contributed by atoms with Crippen LogP contribution in [0.2, 0.25) is 0 Å². The summed E-state index contributed by atoms with van der Waals surface area (Å²) in [4.78, 5) is 25.1. The molecule has 0 aliphatic carbocycles. The molecular formula is C19H22N2O4S. The lowest BCUT2D eigenvalue weighted by Crippen LogP contribution is -2.22. The van der Waals surface area contributed by atoms with Crippen molar-refractivity contribution in [3.05, 3.63) is 54.6 Å². The lowest BCUT2D eigenvalue weighted by molar-refractivity contribution is -0.115. The topological polar surface area (TPSA) is 76.7 Å². The van der Waals surface area contributed by atoms with Crippen molar-refractivity contribution >= 4 is 35.1 Å². The monoisotopic (exact) mass is 374 g/mol. The highest BCUT2D eigenvalue weighted by Crippen LogP contribution is 2.24. The van der Waals surface area contributed by atoms with Crippen molar-refractivity contribution in [1.29, 1.82) is 0 Å². The van der Waals surface area contributed by atoms with Gasteiger partial charge in [-0.15, -0.1) is 11.8 Å². The van der Waals surface area contributed by atoms with E-state index in [1.807, 2.05) is 37.3 Å². The second-order valence-electron chi connectivity index (χ2n) is 5.40. The highest BCUT2D eigenvalue weighted by Gasteiger charge is 2.14. The molecule has 0 saturated carbocycles. The summed E-state index contributed by atoms with van der Waals surface area (Å²) in [6, 6.07) is 16.6. The van der Waals surface area contributed by atoms with E-state index in [0.29, 0.717) is 18.0 Å². The molecule has 2 N–H and O–H groups in total. The fourth-order valence-electron chi connectivity index (χ4n) is 2.05. The summed E-state index contributed by atoms with van der Waals surface area (Å²) < 4.78 is 9.76. The van der Waals surface area contributed by atoms with Crippen molar-refractivity contribution in [2.24, 2.45) is 0 Å². The van der Waals surface area contributed by atoms with Gasteiger partial charge in [0.1, 0.15) is 6.61 Å². The Kier molecular flexibility index (Phi) is 7.98. The number of nitrogens with one attached hydrogen (secondary N) is 2. The minimum absolute atomic E-state index is 0.112. The number of hydrogen-bond donors (Lipinski definition) is 2. The van der Waals surface area contributed by atoms with Crippen LogP contribution in [-0.4, -0.2) is 37.6 Å². The van der Waals surface area contributed by atoms with Gasteiger partial charge in [-0.2, -0.15) is 0 Å².